The van der Waals surface area contributed by atoms with Crippen molar-refractivity contribution in [1.29, 1.82) is 0 Å². The Balaban J connectivity index is 2.21. The molecule has 26 heavy (non-hydrogen) atoms. The maximum absolute atomic E-state index is 10.6. The van der Waals surface area contributed by atoms with Crippen LogP contribution in [-0.4, -0.2) is 20.9 Å². The van der Waals surface area contributed by atoms with Crippen molar-refractivity contribution >= 4 is 38.9 Å². The van der Waals surface area contributed by atoms with Crippen molar-refractivity contribution in [3.8, 4) is 11.5 Å². The fourth-order valence-electron chi connectivity index (χ4n) is 3.91. The van der Waals surface area contributed by atoms with Gasteiger partial charge in [-0.3, -0.25) is 0 Å². The molecule has 0 spiro atoms. The summed E-state index contributed by atoms with van der Waals surface area (Å²) in [6.45, 7) is 8.30. The molecule has 0 amide bonds. The maximum atomic E-state index is 10.6. The van der Waals surface area contributed by atoms with Crippen LogP contribution in [0.1, 0.15) is 38.3 Å². The fourth-order valence-corrected chi connectivity index (χ4v) is 4.74. The number of phenols is 2. The van der Waals surface area contributed by atoms with Gasteiger partial charge in [-0.1, -0.05) is 15.9 Å². The summed E-state index contributed by atoms with van der Waals surface area (Å²) in [5, 5.41) is 24.3. The highest BCUT2D eigenvalue weighted by Crippen LogP contribution is 2.46. The zero-order valence-corrected chi connectivity index (χ0v) is 17.7. The van der Waals surface area contributed by atoms with E-state index in [1.54, 1.807) is 12.1 Å². The van der Waals surface area contributed by atoms with Crippen molar-refractivity contribution in [3.05, 3.63) is 52.0 Å². The van der Waals surface area contributed by atoms with E-state index in [0.717, 1.165) is 21.3 Å². The average molecular weight is 435 g/mol. The number of aromatic hydroxyl groups is 2. The van der Waals surface area contributed by atoms with Crippen LogP contribution < -0.4 is 10.2 Å². The monoisotopic (exact) mass is 434 g/mol. The molecule has 138 valence electrons. The van der Waals surface area contributed by atoms with Crippen LogP contribution in [0.25, 0.3) is 0 Å². The summed E-state index contributed by atoms with van der Waals surface area (Å²) in [4.78, 5) is 2.05. The van der Waals surface area contributed by atoms with Gasteiger partial charge in [0.05, 0.1) is 5.54 Å². The highest BCUT2D eigenvalue weighted by atomic mass is 79.9. The predicted molar refractivity (Wildman–Crippen MR) is 113 cm³/mol. The number of rotatable bonds is 2. The van der Waals surface area contributed by atoms with Crippen LogP contribution in [0, 0.1) is 6.92 Å². The van der Waals surface area contributed by atoms with E-state index >= 15 is 0 Å². The molecule has 3 rings (SSSR count). The molecule has 0 aliphatic carbocycles. The van der Waals surface area contributed by atoms with E-state index in [0.29, 0.717) is 11.5 Å². The van der Waals surface area contributed by atoms with Gasteiger partial charge in [0.15, 0.2) is 5.11 Å². The molecule has 0 saturated carbocycles. The first-order chi connectivity index (χ1) is 12.0. The van der Waals surface area contributed by atoms with Crippen molar-refractivity contribution in [1.82, 2.24) is 5.32 Å². The van der Waals surface area contributed by atoms with Gasteiger partial charge in [0.1, 0.15) is 11.5 Å². The first-order valence-electron chi connectivity index (χ1n) is 8.44. The van der Waals surface area contributed by atoms with E-state index in [-0.39, 0.29) is 17.0 Å². The maximum Gasteiger partial charge on any atom is 0.174 e. The van der Waals surface area contributed by atoms with Gasteiger partial charge in [-0.2, -0.15) is 0 Å². The third-order valence-electron chi connectivity index (χ3n) is 4.89. The predicted octanol–water partition coefficient (Wildman–Crippen LogP) is 4.95. The van der Waals surface area contributed by atoms with Crippen LogP contribution in [0.4, 0.5) is 5.69 Å². The SMILES string of the molecule is Cc1cc(N2C(=S)NC(C)(C)CC2(C)c2ccc(O)cc2O)ccc1Br. The molecule has 4 nitrogen and oxygen atoms in total. The first kappa shape index (κ1) is 19.0. The van der Waals surface area contributed by atoms with Gasteiger partial charge in [0.2, 0.25) is 0 Å². The van der Waals surface area contributed by atoms with E-state index in [4.69, 9.17) is 12.2 Å². The highest BCUT2D eigenvalue weighted by molar-refractivity contribution is 9.10. The smallest absolute Gasteiger partial charge is 0.174 e. The lowest BCUT2D eigenvalue weighted by molar-refractivity contribution is 0.275. The van der Waals surface area contributed by atoms with E-state index in [2.05, 4.69) is 53.0 Å². The van der Waals surface area contributed by atoms with Gasteiger partial charge in [0.25, 0.3) is 0 Å². The van der Waals surface area contributed by atoms with Crippen molar-refractivity contribution in [2.75, 3.05) is 4.90 Å². The number of thiocarbonyl (C=S) groups is 1. The number of aryl methyl sites for hydroxylation is 1. The van der Waals surface area contributed by atoms with Gasteiger partial charge in [0, 0.05) is 27.3 Å². The minimum Gasteiger partial charge on any atom is -0.508 e. The Morgan fingerprint density at radius 3 is 2.42 bits per heavy atom. The Kier molecular flexibility index (Phi) is 4.69. The molecule has 6 heteroatoms. The topological polar surface area (TPSA) is 55.7 Å². The summed E-state index contributed by atoms with van der Waals surface area (Å²) in [6, 6.07) is 10.8. The van der Waals surface area contributed by atoms with Crippen LogP contribution >= 0.6 is 28.1 Å². The van der Waals surface area contributed by atoms with Crippen LogP contribution in [0.15, 0.2) is 40.9 Å². The number of benzene rings is 2. The summed E-state index contributed by atoms with van der Waals surface area (Å²) < 4.78 is 1.03. The Labute approximate surface area is 168 Å². The third-order valence-corrected chi connectivity index (χ3v) is 6.06. The summed E-state index contributed by atoms with van der Waals surface area (Å²) in [5.41, 5.74) is 1.97. The summed E-state index contributed by atoms with van der Waals surface area (Å²) in [5.74, 6) is 0.100. The van der Waals surface area contributed by atoms with Gasteiger partial charge in [-0.05, 0) is 82.2 Å². The van der Waals surface area contributed by atoms with E-state index in [1.165, 1.54) is 6.07 Å². The molecule has 2 aromatic carbocycles. The lowest BCUT2D eigenvalue weighted by Gasteiger charge is -2.53. The first-order valence-corrected chi connectivity index (χ1v) is 9.65. The molecule has 0 aromatic heterocycles. The van der Waals surface area contributed by atoms with E-state index in [1.807, 2.05) is 19.1 Å². The molecule has 1 aliphatic heterocycles. The molecule has 1 saturated heterocycles. The van der Waals surface area contributed by atoms with Gasteiger partial charge in [-0.15, -0.1) is 0 Å². The molecule has 1 heterocycles. The minimum atomic E-state index is -0.579. The summed E-state index contributed by atoms with van der Waals surface area (Å²) >= 11 is 9.27. The second kappa shape index (κ2) is 6.43. The molecule has 0 radical (unpaired) electrons. The lowest BCUT2D eigenvalue weighted by Crippen LogP contribution is -2.65. The quantitative estimate of drug-likeness (QED) is 0.583. The second-order valence-electron chi connectivity index (χ2n) is 7.74. The van der Waals surface area contributed by atoms with Crippen molar-refractivity contribution < 1.29 is 10.2 Å². The average Bonchev–Trinajstić information content (AvgIpc) is 2.48. The van der Waals surface area contributed by atoms with Gasteiger partial charge in [-0.25, -0.2) is 0 Å². The lowest BCUT2D eigenvalue weighted by atomic mass is 9.76. The Hall–Kier alpha value is -1.79. The largest absolute Gasteiger partial charge is 0.508 e. The Morgan fingerprint density at radius 1 is 1.12 bits per heavy atom. The highest BCUT2D eigenvalue weighted by Gasteiger charge is 2.47. The van der Waals surface area contributed by atoms with Crippen LogP contribution in [0.5, 0.6) is 11.5 Å². The molecular formula is C20H23BrN2O2S. The van der Waals surface area contributed by atoms with E-state index in [9.17, 15) is 10.2 Å². The number of anilines is 1. The van der Waals surface area contributed by atoms with Gasteiger partial charge < -0.3 is 20.4 Å². The molecule has 2 aromatic rings. The number of nitrogens with zero attached hydrogens (tertiary/aromatic N) is 1. The summed E-state index contributed by atoms with van der Waals surface area (Å²) in [6.07, 6.45) is 0.716. The van der Waals surface area contributed by atoms with Crippen molar-refractivity contribution in [3.63, 3.8) is 0 Å². The number of phenolic OH excluding ortho intramolecular Hbond substituents is 2. The molecule has 1 unspecified atom stereocenters. The minimum absolute atomic E-state index is 0.0386. The standard InChI is InChI=1S/C20H23BrN2O2S/c1-12-9-13(5-8-16(12)21)23-18(26)22-19(2,3)11-20(23,4)15-7-6-14(24)10-17(15)25/h5-10,24-25H,11H2,1-4H3,(H,22,26). The van der Waals surface area contributed by atoms with E-state index < -0.39 is 5.54 Å². The Bertz CT molecular complexity index is 884. The molecule has 1 aliphatic rings. The van der Waals surface area contributed by atoms with Gasteiger partial charge >= 0.3 is 0 Å². The molecular weight excluding hydrogens is 412 g/mol. The third kappa shape index (κ3) is 3.28. The van der Waals surface area contributed by atoms with Crippen molar-refractivity contribution in [2.45, 2.75) is 45.2 Å². The van der Waals surface area contributed by atoms with Crippen LogP contribution in [-0.2, 0) is 5.54 Å². The molecule has 1 fully saturated rings. The number of hydrogen-bond acceptors (Lipinski definition) is 3. The normalized spacial score (nSPS) is 22.2. The van der Waals surface area contributed by atoms with Crippen molar-refractivity contribution in [2.24, 2.45) is 0 Å². The number of hydrogen-bond donors (Lipinski definition) is 3. The Morgan fingerprint density at radius 2 is 1.81 bits per heavy atom. The fraction of sp³-hybridized carbons (Fsp3) is 0.350. The molecule has 0 bridgehead atoms. The zero-order valence-electron chi connectivity index (χ0n) is 15.3. The van der Waals surface area contributed by atoms with Crippen LogP contribution in [0.3, 0.4) is 0 Å². The molecule has 1 atom stereocenters. The second-order valence-corrected chi connectivity index (χ2v) is 8.98. The van der Waals surface area contributed by atoms with Crippen LogP contribution in [0.2, 0.25) is 0 Å². The zero-order chi connectivity index (χ0) is 19.3. The number of halogens is 1. The number of nitrogens with one attached hydrogen (secondary N) is 1. The molecule has 3 N–H and O–H groups in total. The summed E-state index contributed by atoms with van der Waals surface area (Å²) in [7, 11) is 0.